The molecule has 4 aliphatic heterocycles. The molecule has 8 rings (SSSR count). The molecule has 15 nitrogen and oxygen atoms in total. The summed E-state index contributed by atoms with van der Waals surface area (Å²) in [5.74, 6) is 0.265. The maximum absolute atomic E-state index is 14.2. The molecule has 0 spiro atoms. The second-order valence-electron chi connectivity index (χ2n) is 19.7. The first-order valence-electron chi connectivity index (χ1n) is 23.6. The van der Waals surface area contributed by atoms with Gasteiger partial charge in [-0.3, -0.25) is 29.2 Å². The topological polar surface area (TPSA) is 177 Å². The van der Waals surface area contributed by atoms with Gasteiger partial charge in [0, 0.05) is 69.2 Å². The number of likely N-dealkylation sites (tertiary alicyclic amines) is 1. The molecule has 15 heteroatoms. The Morgan fingerprint density at radius 2 is 1.80 bits per heavy atom. The van der Waals surface area contributed by atoms with Gasteiger partial charge in [0.05, 0.1) is 42.1 Å². The van der Waals surface area contributed by atoms with Gasteiger partial charge in [-0.15, -0.1) is 0 Å². The molecule has 0 aliphatic carbocycles. The van der Waals surface area contributed by atoms with E-state index in [9.17, 15) is 24.3 Å². The number of carbonyl (C=O) groups excluding carboxylic acids is 4. The molecule has 6 bridgehead atoms. The van der Waals surface area contributed by atoms with Crippen LogP contribution < -0.4 is 20.8 Å². The lowest BCUT2D eigenvalue weighted by Crippen LogP contribution is -2.60. The molecule has 0 radical (unpaired) electrons. The highest BCUT2D eigenvalue weighted by Crippen LogP contribution is 2.46. The van der Waals surface area contributed by atoms with Crippen LogP contribution in [0.2, 0.25) is 0 Å². The number of pyridine rings is 1. The molecule has 66 heavy (non-hydrogen) atoms. The van der Waals surface area contributed by atoms with Crippen molar-refractivity contribution in [3.8, 4) is 33.9 Å². The van der Waals surface area contributed by atoms with Gasteiger partial charge in [0.25, 0.3) is 5.91 Å². The van der Waals surface area contributed by atoms with Crippen molar-refractivity contribution in [2.45, 2.75) is 111 Å². The maximum Gasteiger partial charge on any atom is 0.324 e. The Kier molecular flexibility index (Phi) is 15.4. The number of nitrogens with zero attached hydrogens (tertiary/aromatic N) is 4. The van der Waals surface area contributed by atoms with Gasteiger partial charge in [0.15, 0.2) is 0 Å². The number of rotatable bonds is 7. The molecular weight excluding hydrogens is 839 g/mol. The smallest absolute Gasteiger partial charge is 0.324 e. The summed E-state index contributed by atoms with van der Waals surface area (Å²) in [5.41, 5.74) is 9.76. The molecule has 4 unspecified atom stereocenters. The fourth-order valence-corrected chi connectivity index (χ4v) is 9.68. The summed E-state index contributed by atoms with van der Waals surface area (Å²) in [6, 6.07) is 11.9. The number of phenols is 1. The Bertz CT molecular complexity index is 2410. The van der Waals surface area contributed by atoms with E-state index in [2.05, 4.69) is 51.5 Å². The lowest BCUT2D eigenvalue weighted by Gasteiger charge is -2.35. The minimum atomic E-state index is -0.943. The number of benzene rings is 2. The summed E-state index contributed by atoms with van der Waals surface area (Å²) >= 11 is 0. The van der Waals surface area contributed by atoms with Crippen LogP contribution in [0.25, 0.3) is 33.3 Å². The third-order valence-corrected chi connectivity index (χ3v) is 13.1. The van der Waals surface area contributed by atoms with Gasteiger partial charge in [0.2, 0.25) is 11.8 Å². The highest BCUT2D eigenvalue weighted by Gasteiger charge is 2.36. The van der Waals surface area contributed by atoms with E-state index < -0.39 is 23.5 Å². The summed E-state index contributed by atoms with van der Waals surface area (Å²) in [4.78, 5) is 59.1. The van der Waals surface area contributed by atoms with Crippen molar-refractivity contribution in [3.63, 3.8) is 0 Å². The van der Waals surface area contributed by atoms with Crippen LogP contribution in [-0.2, 0) is 48.0 Å². The molecule has 4 N–H and O–H groups in total. The van der Waals surface area contributed by atoms with Crippen LogP contribution >= 0.6 is 0 Å². The number of aromatic hydroxyl groups is 1. The lowest BCUT2D eigenvalue weighted by molar-refractivity contribution is -0.155. The summed E-state index contributed by atoms with van der Waals surface area (Å²) in [6.45, 7) is 13.9. The minimum Gasteiger partial charge on any atom is -0.508 e. The van der Waals surface area contributed by atoms with Crippen LogP contribution in [-0.4, -0.2) is 114 Å². The minimum absolute atomic E-state index is 0.0439. The number of carbonyl (C=O) groups is 4. The highest BCUT2D eigenvalue weighted by molar-refractivity contribution is 5.99. The first kappa shape index (κ1) is 48.4. The Balaban J connectivity index is 0.000000574. The monoisotopic (exact) mass is 908 g/mol. The standard InChI is InChI=1S/C44H55N5O7.C7H14N2O/c1-26(2)17-38(51)46-36-20-28-18-29(21-31(50)19-28)30-22-33-34(24-44(4,5)25-56-43(53)35-12-10-15-49(47-35)42(36)52)40(32-11-9-13-45-39(32)27(3)54-6)48-14-7-8-16-55-37(23-30)41(33)48;1-8-7(10)6-3-4-9(2)5-6/h9,11,13,18-19,21-23,26-27,35-36,47,50H,7-8,10,12,14-17,20,24-25H2,1-6H3,(H,46,51);6H,3-5H2,1-2H3,(H,8,10). The van der Waals surface area contributed by atoms with Crippen molar-refractivity contribution < 1.29 is 38.5 Å². The molecule has 4 aliphatic rings. The second kappa shape index (κ2) is 21.0. The Morgan fingerprint density at radius 1 is 1.02 bits per heavy atom. The number of methoxy groups -OCH3 is 1. The predicted octanol–water partition coefficient (Wildman–Crippen LogP) is 6.33. The average molecular weight is 908 g/mol. The zero-order chi connectivity index (χ0) is 47.3. The molecule has 2 aromatic carbocycles. The Hall–Kier alpha value is -5.51. The third-order valence-electron chi connectivity index (χ3n) is 13.1. The van der Waals surface area contributed by atoms with Crippen LogP contribution in [0.5, 0.6) is 11.5 Å². The SMILES string of the molecule is CNC(=O)C1CCN(C)C1.COC(C)c1ncccc1-c1c2c3cc(cc4c3n1CCCCO4)-c1cc(O)cc(c1)CC(NC(=O)CC(C)C)C(=O)N1CCCC(N1)C(=O)OCC(C)(C)C2. The zero-order valence-corrected chi connectivity index (χ0v) is 40.0. The number of cyclic esters (lactones) is 1. The first-order valence-corrected chi connectivity index (χ1v) is 23.6. The molecule has 4 atom stereocenters. The number of aromatic nitrogens is 2. The number of amides is 3. The fourth-order valence-electron chi connectivity index (χ4n) is 9.68. The van der Waals surface area contributed by atoms with Crippen LogP contribution in [0.4, 0.5) is 0 Å². The van der Waals surface area contributed by atoms with Gasteiger partial charge in [-0.2, -0.15) is 0 Å². The Morgan fingerprint density at radius 3 is 2.53 bits per heavy atom. The molecular formula is C51H69N7O8. The number of phenolic OH excluding ortho intramolecular Hbond substituents is 1. The van der Waals surface area contributed by atoms with Crippen molar-refractivity contribution in [2.75, 3.05) is 54.1 Å². The third kappa shape index (κ3) is 11.2. The van der Waals surface area contributed by atoms with Gasteiger partial charge in [0.1, 0.15) is 23.6 Å². The van der Waals surface area contributed by atoms with Gasteiger partial charge >= 0.3 is 5.97 Å². The van der Waals surface area contributed by atoms with Crippen molar-refractivity contribution in [1.82, 2.24) is 35.5 Å². The molecule has 6 heterocycles. The van der Waals surface area contributed by atoms with E-state index >= 15 is 0 Å². The van der Waals surface area contributed by atoms with Crippen LogP contribution in [0.15, 0.2) is 48.7 Å². The van der Waals surface area contributed by atoms with Gasteiger partial charge in [-0.25, -0.2) is 5.43 Å². The van der Waals surface area contributed by atoms with Crippen molar-refractivity contribution in [2.24, 2.45) is 17.3 Å². The number of fused-ring (bicyclic) bond motifs is 6. The first-order chi connectivity index (χ1) is 31.5. The predicted molar refractivity (Wildman–Crippen MR) is 253 cm³/mol. The number of esters is 1. The molecule has 356 valence electrons. The molecule has 0 saturated carbocycles. The van der Waals surface area contributed by atoms with Gasteiger partial charge < -0.3 is 39.4 Å². The summed E-state index contributed by atoms with van der Waals surface area (Å²) in [7, 11) is 5.43. The zero-order valence-electron chi connectivity index (χ0n) is 40.0. The summed E-state index contributed by atoms with van der Waals surface area (Å²) < 4.78 is 20.9. The molecule has 4 aromatic rings. The molecule has 2 saturated heterocycles. The van der Waals surface area contributed by atoms with Crippen LogP contribution in [0, 0.1) is 17.3 Å². The van der Waals surface area contributed by atoms with E-state index in [0.29, 0.717) is 38.0 Å². The molecule has 2 fully saturated rings. The maximum atomic E-state index is 14.2. The largest absolute Gasteiger partial charge is 0.508 e. The van der Waals surface area contributed by atoms with E-state index in [1.54, 1.807) is 32.5 Å². The number of hydrogen-bond donors (Lipinski definition) is 4. The normalized spacial score (nSPS) is 21.7. The van der Waals surface area contributed by atoms with E-state index in [-0.39, 0.29) is 60.9 Å². The number of hydrogen-bond acceptors (Lipinski definition) is 11. The Labute approximate surface area is 388 Å². The number of ether oxygens (including phenoxy) is 3. The summed E-state index contributed by atoms with van der Waals surface area (Å²) in [5, 5.41) is 19.3. The van der Waals surface area contributed by atoms with Crippen LogP contribution in [0.3, 0.4) is 0 Å². The van der Waals surface area contributed by atoms with Crippen LogP contribution in [0.1, 0.15) is 96.1 Å². The van der Waals surface area contributed by atoms with E-state index in [1.165, 1.54) is 5.01 Å². The molecule has 2 aromatic heterocycles. The van der Waals surface area contributed by atoms with Crippen molar-refractivity contribution in [1.29, 1.82) is 0 Å². The highest BCUT2D eigenvalue weighted by atomic mass is 16.5. The average Bonchev–Trinajstić information content (AvgIpc) is 3.85. The van der Waals surface area contributed by atoms with Crippen molar-refractivity contribution in [3.05, 3.63) is 65.5 Å². The van der Waals surface area contributed by atoms with E-state index in [4.69, 9.17) is 19.2 Å². The number of hydrazine groups is 1. The lowest BCUT2D eigenvalue weighted by atomic mass is 9.84. The van der Waals surface area contributed by atoms with E-state index in [1.807, 2.05) is 46.0 Å². The number of aryl methyl sites for hydroxylation is 1. The molecule has 3 amide bonds. The van der Waals surface area contributed by atoms with E-state index in [0.717, 1.165) is 89.2 Å². The van der Waals surface area contributed by atoms with Gasteiger partial charge in [-0.05, 0) is 124 Å². The quantitative estimate of drug-likeness (QED) is 0.153. The number of nitrogens with one attached hydrogen (secondary N) is 3. The van der Waals surface area contributed by atoms with Crippen molar-refractivity contribution >= 4 is 34.6 Å². The summed E-state index contributed by atoms with van der Waals surface area (Å²) in [6.07, 6.45) is 6.37. The fraction of sp³-hybridized carbons (Fsp3) is 0.549. The second-order valence-corrected chi connectivity index (χ2v) is 19.7. The van der Waals surface area contributed by atoms with Gasteiger partial charge in [-0.1, -0.05) is 33.8 Å².